The highest BCUT2D eigenvalue weighted by Crippen LogP contribution is 2.04. The van der Waals surface area contributed by atoms with Crippen LogP contribution in [-0.2, 0) is 16.0 Å². The lowest BCUT2D eigenvalue weighted by Crippen LogP contribution is -2.32. The molecular weight excluding hydrogens is 214 g/mol. The van der Waals surface area contributed by atoms with E-state index in [1.165, 1.54) is 0 Å². The fourth-order valence-corrected chi connectivity index (χ4v) is 1.46. The van der Waals surface area contributed by atoms with Crippen LogP contribution < -0.4 is 5.32 Å². The molecular formula is C14H19NO2. The van der Waals surface area contributed by atoms with E-state index >= 15 is 0 Å². The zero-order valence-electron chi connectivity index (χ0n) is 10.6. The standard InChI is InChI=1S/C14H19NO2/c1-10(2)13(16)9-15-14(17)8-12-6-4-5-11(3)7-12/h4-7,10H,8-9H2,1-3H3,(H,15,17). The lowest BCUT2D eigenvalue weighted by atomic mass is 10.1. The second kappa shape index (κ2) is 6.18. The van der Waals surface area contributed by atoms with Gasteiger partial charge in [0.15, 0.2) is 5.78 Å². The van der Waals surface area contributed by atoms with Gasteiger partial charge in [0.2, 0.25) is 5.91 Å². The van der Waals surface area contributed by atoms with Gasteiger partial charge in [-0.1, -0.05) is 43.7 Å². The van der Waals surface area contributed by atoms with Gasteiger partial charge in [0, 0.05) is 5.92 Å². The van der Waals surface area contributed by atoms with Gasteiger partial charge in [-0.3, -0.25) is 9.59 Å². The Morgan fingerprint density at radius 1 is 1.29 bits per heavy atom. The number of hydrogen-bond donors (Lipinski definition) is 1. The SMILES string of the molecule is Cc1cccc(CC(=O)NCC(=O)C(C)C)c1. The summed E-state index contributed by atoms with van der Waals surface area (Å²) in [7, 11) is 0. The van der Waals surface area contributed by atoms with Gasteiger partial charge in [-0.05, 0) is 12.5 Å². The molecule has 0 bridgehead atoms. The molecule has 1 amide bonds. The van der Waals surface area contributed by atoms with Gasteiger partial charge in [0.25, 0.3) is 0 Å². The maximum Gasteiger partial charge on any atom is 0.224 e. The van der Waals surface area contributed by atoms with E-state index in [1.54, 1.807) is 0 Å². The fraction of sp³-hybridized carbons (Fsp3) is 0.429. The monoisotopic (exact) mass is 233 g/mol. The molecule has 17 heavy (non-hydrogen) atoms. The van der Waals surface area contributed by atoms with Crippen molar-refractivity contribution in [1.29, 1.82) is 0 Å². The Balaban J connectivity index is 2.43. The Hall–Kier alpha value is -1.64. The summed E-state index contributed by atoms with van der Waals surface area (Å²) in [5, 5.41) is 2.64. The van der Waals surface area contributed by atoms with Crippen LogP contribution in [0.4, 0.5) is 0 Å². The fourth-order valence-electron chi connectivity index (χ4n) is 1.46. The van der Waals surface area contributed by atoms with Crippen molar-refractivity contribution >= 4 is 11.7 Å². The first-order valence-corrected chi connectivity index (χ1v) is 5.84. The zero-order chi connectivity index (χ0) is 12.8. The van der Waals surface area contributed by atoms with Crippen LogP contribution in [0.15, 0.2) is 24.3 Å². The van der Waals surface area contributed by atoms with Crippen molar-refractivity contribution in [3.8, 4) is 0 Å². The Morgan fingerprint density at radius 2 is 2.00 bits per heavy atom. The van der Waals surface area contributed by atoms with Gasteiger partial charge in [-0.25, -0.2) is 0 Å². The van der Waals surface area contributed by atoms with Crippen molar-refractivity contribution in [2.75, 3.05) is 6.54 Å². The quantitative estimate of drug-likeness (QED) is 0.844. The highest BCUT2D eigenvalue weighted by atomic mass is 16.2. The van der Waals surface area contributed by atoms with Crippen LogP contribution in [0.3, 0.4) is 0 Å². The summed E-state index contributed by atoms with van der Waals surface area (Å²) in [5.41, 5.74) is 2.10. The van der Waals surface area contributed by atoms with Crippen LogP contribution in [0.2, 0.25) is 0 Å². The van der Waals surface area contributed by atoms with E-state index < -0.39 is 0 Å². The second-order valence-electron chi connectivity index (χ2n) is 4.56. The molecule has 0 radical (unpaired) electrons. The maximum atomic E-state index is 11.6. The molecule has 92 valence electrons. The summed E-state index contributed by atoms with van der Waals surface area (Å²) in [6, 6.07) is 7.81. The number of carbonyl (C=O) groups is 2. The number of aryl methyl sites for hydroxylation is 1. The van der Waals surface area contributed by atoms with Crippen molar-refractivity contribution < 1.29 is 9.59 Å². The molecule has 0 spiro atoms. The lowest BCUT2D eigenvalue weighted by molar-refractivity contribution is -0.126. The van der Waals surface area contributed by atoms with Crippen LogP contribution in [0.25, 0.3) is 0 Å². The number of ketones is 1. The van der Waals surface area contributed by atoms with Crippen LogP contribution in [0.5, 0.6) is 0 Å². The number of hydrogen-bond acceptors (Lipinski definition) is 2. The van der Waals surface area contributed by atoms with Gasteiger partial charge in [-0.15, -0.1) is 0 Å². The number of Topliss-reactive ketones (excluding diaryl/α,β-unsaturated/α-hetero) is 1. The van der Waals surface area contributed by atoms with Gasteiger partial charge >= 0.3 is 0 Å². The highest BCUT2D eigenvalue weighted by molar-refractivity contribution is 5.87. The normalized spacial score (nSPS) is 10.4. The number of nitrogens with one attached hydrogen (secondary N) is 1. The average Bonchev–Trinajstić information content (AvgIpc) is 2.25. The molecule has 1 aromatic carbocycles. The third kappa shape index (κ3) is 4.81. The Bertz CT molecular complexity index is 410. The van der Waals surface area contributed by atoms with Gasteiger partial charge < -0.3 is 5.32 Å². The molecule has 1 N–H and O–H groups in total. The summed E-state index contributed by atoms with van der Waals surface area (Å²) in [4.78, 5) is 22.9. The molecule has 0 aliphatic rings. The van der Waals surface area contributed by atoms with E-state index in [-0.39, 0.29) is 24.2 Å². The van der Waals surface area contributed by atoms with Crippen molar-refractivity contribution in [3.05, 3.63) is 35.4 Å². The summed E-state index contributed by atoms with van der Waals surface area (Å²) in [5.74, 6) is -0.0820. The summed E-state index contributed by atoms with van der Waals surface area (Å²) >= 11 is 0. The molecule has 0 unspecified atom stereocenters. The lowest BCUT2D eigenvalue weighted by Gasteiger charge is -2.07. The van der Waals surface area contributed by atoms with Crippen LogP contribution in [0.1, 0.15) is 25.0 Å². The van der Waals surface area contributed by atoms with Crippen molar-refractivity contribution in [2.45, 2.75) is 27.2 Å². The zero-order valence-corrected chi connectivity index (χ0v) is 10.6. The molecule has 0 atom stereocenters. The molecule has 0 saturated carbocycles. The number of benzene rings is 1. The Morgan fingerprint density at radius 3 is 2.59 bits per heavy atom. The average molecular weight is 233 g/mol. The largest absolute Gasteiger partial charge is 0.349 e. The Kier molecular flexibility index (Phi) is 4.88. The van der Waals surface area contributed by atoms with Crippen molar-refractivity contribution in [1.82, 2.24) is 5.32 Å². The van der Waals surface area contributed by atoms with Crippen LogP contribution in [-0.4, -0.2) is 18.2 Å². The summed E-state index contributed by atoms with van der Waals surface area (Å²) in [6.07, 6.45) is 0.326. The highest BCUT2D eigenvalue weighted by Gasteiger charge is 2.09. The van der Waals surface area contributed by atoms with E-state index in [1.807, 2.05) is 45.0 Å². The molecule has 3 nitrogen and oxygen atoms in total. The number of rotatable bonds is 5. The van der Waals surface area contributed by atoms with Crippen LogP contribution in [0, 0.1) is 12.8 Å². The van der Waals surface area contributed by atoms with E-state index in [4.69, 9.17) is 0 Å². The molecule has 1 aromatic rings. The smallest absolute Gasteiger partial charge is 0.224 e. The minimum Gasteiger partial charge on any atom is -0.349 e. The molecule has 0 aliphatic carbocycles. The Labute approximate surface area is 102 Å². The minimum atomic E-state index is -0.107. The third-order valence-electron chi connectivity index (χ3n) is 2.55. The molecule has 0 saturated heterocycles. The molecule has 3 heteroatoms. The van der Waals surface area contributed by atoms with E-state index in [2.05, 4.69) is 5.32 Å². The first-order valence-electron chi connectivity index (χ1n) is 5.84. The first kappa shape index (κ1) is 13.4. The predicted octanol–water partition coefficient (Wildman–Crippen LogP) is 1.88. The third-order valence-corrected chi connectivity index (χ3v) is 2.55. The minimum absolute atomic E-state index is 0.0331. The van der Waals surface area contributed by atoms with E-state index in [0.717, 1.165) is 11.1 Å². The van der Waals surface area contributed by atoms with E-state index in [9.17, 15) is 9.59 Å². The molecule has 0 fully saturated rings. The maximum absolute atomic E-state index is 11.6. The molecule has 0 heterocycles. The predicted molar refractivity (Wildman–Crippen MR) is 67.7 cm³/mol. The van der Waals surface area contributed by atoms with Crippen LogP contribution >= 0.6 is 0 Å². The molecule has 1 rings (SSSR count). The molecule has 0 aromatic heterocycles. The van der Waals surface area contributed by atoms with Gasteiger partial charge in [0.05, 0.1) is 13.0 Å². The first-order chi connectivity index (χ1) is 7.99. The summed E-state index contributed by atoms with van der Waals surface area (Å²) in [6.45, 7) is 5.77. The van der Waals surface area contributed by atoms with Crippen molar-refractivity contribution in [3.63, 3.8) is 0 Å². The molecule has 0 aliphatic heterocycles. The van der Waals surface area contributed by atoms with Crippen molar-refractivity contribution in [2.24, 2.45) is 5.92 Å². The summed E-state index contributed by atoms with van der Waals surface area (Å²) < 4.78 is 0. The van der Waals surface area contributed by atoms with E-state index in [0.29, 0.717) is 6.42 Å². The number of carbonyl (C=O) groups excluding carboxylic acids is 2. The second-order valence-corrected chi connectivity index (χ2v) is 4.56. The van der Waals surface area contributed by atoms with Gasteiger partial charge in [-0.2, -0.15) is 0 Å². The topological polar surface area (TPSA) is 46.2 Å². The number of amides is 1. The van der Waals surface area contributed by atoms with Gasteiger partial charge in [0.1, 0.15) is 0 Å².